The number of carbonyl (C=O) groups is 2. The Hall–Kier alpha value is -1.60. The lowest BCUT2D eigenvalue weighted by Gasteiger charge is -2.21. The third-order valence-electron chi connectivity index (χ3n) is 2.97. The van der Waals surface area contributed by atoms with Crippen molar-refractivity contribution in [2.45, 2.75) is 18.7 Å². The molecule has 0 aliphatic rings. The van der Waals surface area contributed by atoms with Gasteiger partial charge in [0, 0.05) is 19.3 Å². The van der Waals surface area contributed by atoms with E-state index in [2.05, 4.69) is 5.32 Å². The number of benzene rings is 1. The van der Waals surface area contributed by atoms with Gasteiger partial charge >= 0.3 is 0 Å². The number of carbonyl (C=O) groups excluding carboxylic acids is 2. The number of nitrogens with zero attached hydrogens (tertiary/aromatic N) is 1. The van der Waals surface area contributed by atoms with E-state index in [9.17, 15) is 18.0 Å². The summed E-state index contributed by atoms with van der Waals surface area (Å²) in [7, 11) is -3.45. The standard InChI is InChI=1S/C14H19ClN2O4S/c1-4-16-13(18)9-17(5-2)14(19)11-8-10(22(3,20)21)6-7-12(11)15/h6-8H,4-5,9H2,1-3H3,(H,16,18). The first-order valence-electron chi connectivity index (χ1n) is 6.76. The molecule has 1 rings (SSSR count). The number of nitrogens with one attached hydrogen (secondary N) is 1. The first-order valence-corrected chi connectivity index (χ1v) is 9.03. The van der Waals surface area contributed by atoms with Gasteiger partial charge in [-0.25, -0.2) is 8.42 Å². The monoisotopic (exact) mass is 346 g/mol. The Kier molecular flexibility index (Phi) is 6.37. The summed E-state index contributed by atoms with van der Waals surface area (Å²) in [6.45, 7) is 4.17. The van der Waals surface area contributed by atoms with Crippen molar-refractivity contribution in [3.8, 4) is 0 Å². The van der Waals surface area contributed by atoms with Gasteiger partial charge in [-0.1, -0.05) is 11.6 Å². The van der Waals surface area contributed by atoms with Crippen LogP contribution in [0, 0.1) is 0 Å². The number of hydrogen-bond donors (Lipinski definition) is 1. The predicted molar refractivity (Wildman–Crippen MR) is 84.8 cm³/mol. The van der Waals surface area contributed by atoms with E-state index in [0.717, 1.165) is 6.26 Å². The van der Waals surface area contributed by atoms with Crippen LogP contribution in [0.4, 0.5) is 0 Å². The van der Waals surface area contributed by atoms with E-state index < -0.39 is 15.7 Å². The molecule has 0 unspecified atom stereocenters. The van der Waals surface area contributed by atoms with Gasteiger partial charge in [0.25, 0.3) is 5.91 Å². The predicted octanol–water partition coefficient (Wildman–Crippen LogP) is 1.34. The number of halogens is 1. The summed E-state index contributed by atoms with van der Waals surface area (Å²) in [4.78, 5) is 25.4. The molecule has 0 saturated carbocycles. The van der Waals surface area contributed by atoms with Crippen LogP contribution in [0.25, 0.3) is 0 Å². The minimum atomic E-state index is -3.45. The molecular formula is C14H19ClN2O4S. The van der Waals surface area contributed by atoms with Gasteiger partial charge < -0.3 is 10.2 Å². The van der Waals surface area contributed by atoms with E-state index in [-0.39, 0.29) is 27.9 Å². The molecule has 22 heavy (non-hydrogen) atoms. The van der Waals surface area contributed by atoms with Gasteiger partial charge in [0.15, 0.2) is 9.84 Å². The SMILES string of the molecule is CCNC(=O)CN(CC)C(=O)c1cc(S(C)(=O)=O)ccc1Cl. The summed E-state index contributed by atoms with van der Waals surface area (Å²) in [5, 5.41) is 2.75. The average molecular weight is 347 g/mol. The molecule has 0 heterocycles. The molecule has 0 fully saturated rings. The Morgan fingerprint density at radius 2 is 1.91 bits per heavy atom. The van der Waals surface area contributed by atoms with Crippen molar-refractivity contribution in [2.75, 3.05) is 25.9 Å². The van der Waals surface area contributed by atoms with Crippen LogP contribution in [-0.4, -0.2) is 51.0 Å². The smallest absolute Gasteiger partial charge is 0.255 e. The summed E-state index contributed by atoms with van der Waals surface area (Å²) in [6, 6.07) is 3.94. The molecule has 0 aromatic heterocycles. The van der Waals surface area contributed by atoms with E-state index in [0.29, 0.717) is 13.1 Å². The Labute approximate surface area is 135 Å². The van der Waals surface area contributed by atoms with Crippen LogP contribution in [0.3, 0.4) is 0 Å². The fourth-order valence-electron chi connectivity index (χ4n) is 1.82. The second kappa shape index (κ2) is 7.60. The van der Waals surface area contributed by atoms with Crippen molar-refractivity contribution < 1.29 is 18.0 Å². The molecule has 0 spiro atoms. The number of hydrogen-bond acceptors (Lipinski definition) is 4. The maximum absolute atomic E-state index is 12.5. The molecule has 2 amide bonds. The largest absolute Gasteiger partial charge is 0.355 e. The van der Waals surface area contributed by atoms with Crippen molar-refractivity contribution in [3.05, 3.63) is 28.8 Å². The Morgan fingerprint density at radius 3 is 2.41 bits per heavy atom. The summed E-state index contributed by atoms with van der Waals surface area (Å²) >= 11 is 6.00. The van der Waals surface area contributed by atoms with Crippen LogP contribution in [0.1, 0.15) is 24.2 Å². The Bertz CT molecular complexity index is 673. The van der Waals surface area contributed by atoms with Gasteiger partial charge in [-0.3, -0.25) is 9.59 Å². The van der Waals surface area contributed by atoms with Gasteiger partial charge in [0.05, 0.1) is 22.0 Å². The zero-order valence-corrected chi connectivity index (χ0v) is 14.3. The molecule has 0 atom stereocenters. The zero-order chi connectivity index (χ0) is 16.9. The number of sulfone groups is 1. The highest BCUT2D eigenvalue weighted by molar-refractivity contribution is 7.90. The first-order chi connectivity index (χ1) is 10.2. The molecule has 6 nitrogen and oxygen atoms in total. The first kappa shape index (κ1) is 18.4. The molecule has 122 valence electrons. The van der Waals surface area contributed by atoms with Gasteiger partial charge in [-0.2, -0.15) is 0 Å². The van der Waals surface area contributed by atoms with Crippen LogP contribution in [0.5, 0.6) is 0 Å². The van der Waals surface area contributed by atoms with Crippen LogP contribution < -0.4 is 5.32 Å². The van der Waals surface area contributed by atoms with Gasteiger partial charge in [0.2, 0.25) is 5.91 Å². The van der Waals surface area contributed by atoms with E-state index in [1.165, 1.54) is 23.1 Å². The third kappa shape index (κ3) is 4.71. The average Bonchev–Trinajstić information content (AvgIpc) is 2.43. The van der Waals surface area contributed by atoms with Crippen molar-refractivity contribution in [1.29, 1.82) is 0 Å². The Morgan fingerprint density at radius 1 is 1.27 bits per heavy atom. The minimum absolute atomic E-state index is 0.00862. The fraction of sp³-hybridized carbons (Fsp3) is 0.429. The van der Waals surface area contributed by atoms with Gasteiger partial charge in [-0.15, -0.1) is 0 Å². The van der Waals surface area contributed by atoms with Crippen LogP contribution >= 0.6 is 11.6 Å². The number of rotatable bonds is 6. The van der Waals surface area contributed by atoms with Crippen LogP contribution in [-0.2, 0) is 14.6 Å². The van der Waals surface area contributed by atoms with Crippen molar-refractivity contribution in [3.63, 3.8) is 0 Å². The van der Waals surface area contributed by atoms with Crippen LogP contribution in [0.15, 0.2) is 23.1 Å². The summed E-state index contributed by atoms with van der Waals surface area (Å²) in [6.07, 6.45) is 1.05. The van der Waals surface area contributed by atoms with Crippen molar-refractivity contribution in [2.24, 2.45) is 0 Å². The number of likely N-dealkylation sites (N-methyl/N-ethyl adjacent to an activating group) is 2. The second-order valence-corrected chi connectivity index (χ2v) is 7.11. The second-order valence-electron chi connectivity index (χ2n) is 4.69. The lowest BCUT2D eigenvalue weighted by atomic mass is 10.2. The minimum Gasteiger partial charge on any atom is -0.355 e. The van der Waals surface area contributed by atoms with Crippen molar-refractivity contribution >= 4 is 33.3 Å². The topological polar surface area (TPSA) is 83.6 Å². The lowest BCUT2D eigenvalue weighted by molar-refractivity contribution is -0.121. The molecule has 1 aromatic rings. The normalized spacial score (nSPS) is 11.1. The highest BCUT2D eigenvalue weighted by Gasteiger charge is 2.21. The van der Waals surface area contributed by atoms with E-state index >= 15 is 0 Å². The van der Waals surface area contributed by atoms with E-state index in [1.54, 1.807) is 13.8 Å². The fourth-order valence-corrected chi connectivity index (χ4v) is 2.67. The molecule has 0 saturated heterocycles. The van der Waals surface area contributed by atoms with Crippen LogP contribution in [0.2, 0.25) is 5.02 Å². The summed E-state index contributed by atoms with van der Waals surface area (Å²) in [5.41, 5.74) is 0.0655. The molecule has 0 aliphatic heterocycles. The Balaban J connectivity index is 3.12. The molecule has 0 radical (unpaired) electrons. The molecule has 1 N–H and O–H groups in total. The molecule has 0 aliphatic carbocycles. The maximum Gasteiger partial charge on any atom is 0.255 e. The summed E-state index contributed by atoms with van der Waals surface area (Å²) < 4.78 is 23.2. The zero-order valence-electron chi connectivity index (χ0n) is 12.7. The quantitative estimate of drug-likeness (QED) is 0.842. The molecule has 0 bridgehead atoms. The van der Waals surface area contributed by atoms with Crippen molar-refractivity contribution in [1.82, 2.24) is 10.2 Å². The van der Waals surface area contributed by atoms with E-state index in [1.807, 2.05) is 0 Å². The van der Waals surface area contributed by atoms with Gasteiger partial charge in [0.1, 0.15) is 0 Å². The van der Waals surface area contributed by atoms with Gasteiger partial charge in [-0.05, 0) is 32.0 Å². The third-order valence-corrected chi connectivity index (χ3v) is 4.41. The lowest BCUT2D eigenvalue weighted by Crippen LogP contribution is -2.40. The highest BCUT2D eigenvalue weighted by atomic mass is 35.5. The molecular weight excluding hydrogens is 328 g/mol. The maximum atomic E-state index is 12.5. The van der Waals surface area contributed by atoms with E-state index in [4.69, 9.17) is 11.6 Å². The molecule has 8 heteroatoms. The molecule has 1 aromatic carbocycles. The highest BCUT2D eigenvalue weighted by Crippen LogP contribution is 2.22. The summed E-state index contributed by atoms with van der Waals surface area (Å²) in [5.74, 6) is -0.766. The number of amides is 2.